The van der Waals surface area contributed by atoms with E-state index in [9.17, 15) is 4.39 Å². The van der Waals surface area contributed by atoms with E-state index in [2.05, 4.69) is 70.0 Å². The first kappa shape index (κ1) is 28.0. The average Bonchev–Trinajstić information content (AvgIpc) is 2.94. The number of nitrogens with zero attached hydrogens (tertiary/aromatic N) is 2. The first-order valence-corrected chi connectivity index (χ1v) is 14.3. The fourth-order valence-electron chi connectivity index (χ4n) is 5.32. The number of hydrogen-bond acceptors (Lipinski definition) is 4. The van der Waals surface area contributed by atoms with Crippen molar-refractivity contribution in [2.45, 2.75) is 70.9 Å². The number of unbranched alkanes of at least 4 members (excludes halogenated alkanes) is 2. The van der Waals surface area contributed by atoms with E-state index < -0.39 is 5.95 Å². The van der Waals surface area contributed by atoms with Crippen molar-refractivity contribution in [3.05, 3.63) is 102 Å². The zero-order valence-electron chi connectivity index (χ0n) is 22.8. The van der Waals surface area contributed by atoms with Gasteiger partial charge in [0.25, 0.3) is 0 Å². The molecule has 0 radical (unpaired) electrons. The third-order valence-corrected chi connectivity index (χ3v) is 7.42. The third kappa shape index (κ3) is 9.38. The smallest absolute Gasteiger partial charge is 0.213 e. The number of rotatable bonds is 14. The molecule has 0 amide bonds. The van der Waals surface area contributed by atoms with Crippen LogP contribution >= 0.6 is 0 Å². The Hall–Kier alpha value is -3.02. The molecule has 3 aromatic rings. The van der Waals surface area contributed by atoms with E-state index >= 15 is 0 Å². The van der Waals surface area contributed by atoms with Crippen molar-refractivity contribution >= 4 is 11.3 Å². The minimum atomic E-state index is -0.420. The molecule has 38 heavy (non-hydrogen) atoms. The number of anilines is 1. The van der Waals surface area contributed by atoms with Gasteiger partial charge in [0.15, 0.2) is 0 Å². The molecule has 0 saturated heterocycles. The Morgan fingerprint density at radius 2 is 1.71 bits per heavy atom. The van der Waals surface area contributed by atoms with Crippen LogP contribution in [0.5, 0.6) is 0 Å². The van der Waals surface area contributed by atoms with Crippen LogP contribution in [0, 0.1) is 12.9 Å². The Labute approximate surface area is 228 Å². The highest BCUT2D eigenvalue weighted by Crippen LogP contribution is 2.22. The Balaban J connectivity index is 1.42. The van der Waals surface area contributed by atoms with Crippen LogP contribution < -0.4 is 10.6 Å². The highest BCUT2D eigenvalue weighted by atomic mass is 19.1. The van der Waals surface area contributed by atoms with Gasteiger partial charge >= 0.3 is 0 Å². The van der Waals surface area contributed by atoms with Crippen LogP contribution in [0.1, 0.15) is 68.2 Å². The predicted molar refractivity (Wildman–Crippen MR) is 157 cm³/mol. The molecule has 1 aliphatic carbocycles. The van der Waals surface area contributed by atoms with Crippen LogP contribution in [0.15, 0.2) is 79.0 Å². The Bertz CT molecular complexity index is 1120. The van der Waals surface area contributed by atoms with E-state index in [1.165, 1.54) is 67.7 Å². The molecule has 0 spiro atoms. The number of para-hydroxylation sites is 1. The summed E-state index contributed by atoms with van der Waals surface area (Å²) in [6.45, 7) is 5.57. The van der Waals surface area contributed by atoms with Gasteiger partial charge in [0, 0.05) is 31.0 Å². The van der Waals surface area contributed by atoms with Crippen molar-refractivity contribution in [3.63, 3.8) is 0 Å². The molecule has 2 N–H and O–H groups in total. The van der Waals surface area contributed by atoms with Gasteiger partial charge in [0.2, 0.25) is 5.95 Å². The van der Waals surface area contributed by atoms with Crippen molar-refractivity contribution in [1.29, 1.82) is 0 Å². The largest absolute Gasteiger partial charge is 0.361 e. The molecule has 0 unspecified atom stereocenters. The van der Waals surface area contributed by atoms with Crippen LogP contribution in [0.3, 0.4) is 0 Å². The van der Waals surface area contributed by atoms with E-state index in [-0.39, 0.29) is 0 Å². The van der Waals surface area contributed by atoms with Crippen molar-refractivity contribution in [1.82, 2.24) is 15.2 Å². The minimum Gasteiger partial charge on any atom is -0.361 e. The molecule has 202 valence electrons. The molecule has 1 aliphatic rings. The minimum absolute atomic E-state index is 0.420. The standard InChI is InChI=1S/C33H43FN4/c1-27-14-9-10-20-32(27)28(24-36-30-17-7-3-8-18-30)25-38(26-31-19-13-21-33(34)37-31)23-12-4-11-22-35-29-15-5-2-6-16-29/h3,7-10,13-14,17-21,24,29,35-36H,2,4-6,11-12,15-16,22-23,25-26H2,1H3/b28-24-. The molecule has 5 heteroatoms. The lowest BCUT2D eigenvalue weighted by Crippen LogP contribution is -2.32. The van der Waals surface area contributed by atoms with Gasteiger partial charge in [-0.05, 0) is 86.7 Å². The van der Waals surface area contributed by atoms with Gasteiger partial charge < -0.3 is 10.6 Å². The molecule has 1 aromatic heterocycles. The van der Waals surface area contributed by atoms with Gasteiger partial charge in [-0.25, -0.2) is 4.98 Å². The second kappa shape index (κ2) is 15.4. The summed E-state index contributed by atoms with van der Waals surface area (Å²) in [7, 11) is 0. The van der Waals surface area contributed by atoms with Gasteiger partial charge in [-0.15, -0.1) is 0 Å². The fraction of sp³-hybridized carbons (Fsp3) is 0.424. The summed E-state index contributed by atoms with van der Waals surface area (Å²) in [5.41, 5.74) is 5.50. The second-order valence-corrected chi connectivity index (χ2v) is 10.5. The maximum Gasteiger partial charge on any atom is 0.213 e. The summed E-state index contributed by atoms with van der Waals surface area (Å²) in [4.78, 5) is 6.56. The molecule has 2 aromatic carbocycles. The number of hydrogen-bond donors (Lipinski definition) is 2. The molecule has 1 fully saturated rings. The summed E-state index contributed by atoms with van der Waals surface area (Å²) in [5.74, 6) is -0.420. The highest BCUT2D eigenvalue weighted by Gasteiger charge is 2.14. The third-order valence-electron chi connectivity index (χ3n) is 7.42. The Morgan fingerprint density at radius 3 is 2.50 bits per heavy atom. The summed E-state index contributed by atoms with van der Waals surface area (Å²) in [5, 5.41) is 7.26. The van der Waals surface area contributed by atoms with Gasteiger partial charge in [-0.3, -0.25) is 4.90 Å². The highest BCUT2D eigenvalue weighted by molar-refractivity contribution is 5.71. The summed E-state index contributed by atoms with van der Waals surface area (Å²) >= 11 is 0. The SMILES string of the molecule is Cc1ccccc1/C(=C\Nc1ccccc1)CN(CCCCCNC1CCCCC1)Cc1cccc(F)n1. The van der Waals surface area contributed by atoms with Crippen molar-refractivity contribution in [2.24, 2.45) is 0 Å². The lowest BCUT2D eigenvalue weighted by molar-refractivity contribution is 0.284. The molecular weight excluding hydrogens is 471 g/mol. The summed E-state index contributed by atoms with van der Waals surface area (Å²) in [6, 6.07) is 24.6. The number of aromatic nitrogens is 1. The fourth-order valence-corrected chi connectivity index (χ4v) is 5.32. The lowest BCUT2D eigenvalue weighted by atomic mass is 9.95. The first-order chi connectivity index (χ1) is 18.7. The molecule has 1 heterocycles. The maximum atomic E-state index is 13.9. The van der Waals surface area contributed by atoms with Crippen molar-refractivity contribution < 1.29 is 4.39 Å². The van der Waals surface area contributed by atoms with Crippen LogP contribution in [0.4, 0.5) is 10.1 Å². The van der Waals surface area contributed by atoms with Crippen LogP contribution in [0.25, 0.3) is 5.57 Å². The molecule has 4 nitrogen and oxygen atoms in total. The zero-order valence-corrected chi connectivity index (χ0v) is 22.8. The Kier molecular flexibility index (Phi) is 11.4. The Morgan fingerprint density at radius 1 is 0.921 bits per heavy atom. The number of aryl methyl sites for hydroxylation is 1. The van der Waals surface area contributed by atoms with Gasteiger partial charge in [-0.2, -0.15) is 4.39 Å². The van der Waals surface area contributed by atoms with E-state index in [4.69, 9.17) is 0 Å². The number of pyridine rings is 1. The van der Waals surface area contributed by atoms with Crippen LogP contribution in [0.2, 0.25) is 0 Å². The molecule has 0 aliphatic heterocycles. The number of nitrogens with one attached hydrogen (secondary N) is 2. The van der Waals surface area contributed by atoms with E-state index in [0.29, 0.717) is 6.54 Å². The lowest BCUT2D eigenvalue weighted by Gasteiger charge is -2.25. The van der Waals surface area contributed by atoms with E-state index in [1.54, 1.807) is 6.07 Å². The van der Waals surface area contributed by atoms with Gasteiger partial charge in [-0.1, -0.05) is 74.2 Å². The summed E-state index contributed by atoms with van der Waals surface area (Å²) in [6.07, 6.45) is 12.4. The van der Waals surface area contributed by atoms with Crippen molar-refractivity contribution in [2.75, 3.05) is 25.0 Å². The normalized spacial score (nSPS) is 14.7. The van der Waals surface area contributed by atoms with E-state index in [0.717, 1.165) is 43.5 Å². The maximum absolute atomic E-state index is 13.9. The molecule has 0 atom stereocenters. The zero-order chi connectivity index (χ0) is 26.4. The second-order valence-electron chi connectivity index (χ2n) is 10.5. The monoisotopic (exact) mass is 514 g/mol. The average molecular weight is 515 g/mol. The van der Waals surface area contributed by atoms with Gasteiger partial charge in [0.05, 0.1) is 5.69 Å². The van der Waals surface area contributed by atoms with Crippen LogP contribution in [-0.2, 0) is 6.54 Å². The predicted octanol–water partition coefficient (Wildman–Crippen LogP) is 7.58. The first-order valence-electron chi connectivity index (χ1n) is 14.3. The topological polar surface area (TPSA) is 40.2 Å². The van der Waals surface area contributed by atoms with Crippen molar-refractivity contribution in [3.8, 4) is 0 Å². The van der Waals surface area contributed by atoms with Gasteiger partial charge in [0.1, 0.15) is 0 Å². The quantitative estimate of drug-likeness (QED) is 0.172. The van der Waals surface area contributed by atoms with Crippen LogP contribution in [-0.4, -0.2) is 35.6 Å². The summed E-state index contributed by atoms with van der Waals surface area (Å²) < 4.78 is 13.9. The molecule has 4 rings (SSSR count). The number of halogens is 1. The molecule has 1 saturated carbocycles. The molecular formula is C33H43FN4. The number of benzene rings is 2. The molecule has 0 bridgehead atoms. The van der Waals surface area contributed by atoms with E-state index in [1.807, 2.05) is 24.3 Å².